The third-order valence-corrected chi connectivity index (χ3v) is 3.45. The summed E-state index contributed by atoms with van der Waals surface area (Å²) in [5.74, 6) is 0.307. The fraction of sp³-hybridized carbons (Fsp3) is 0.250. The molecule has 0 unspecified atom stereocenters. The number of anilines is 1. The zero-order chi connectivity index (χ0) is 15.9. The maximum atomic E-state index is 12.4. The molecule has 0 aliphatic heterocycles. The van der Waals surface area contributed by atoms with E-state index in [0.717, 1.165) is 11.4 Å². The molecular formula is C16H16N4O2. The minimum Gasteiger partial charge on any atom is -0.441 e. The van der Waals surface area contributed by atoms with E-state index in [0.29, 0.717) is 34.1 Å². The van der Waals surface area contributed by atoms with Crippen molar-refractivity contribution >= 4 is 22.7 Å². The van der Waals surface area contributed by atoms with Crippen molar-refractivity contribution in [3.8, 4) is 0 Å². The van der Waals surface area contributed by atoms with Crippen LogP contribution in [0.3, 0.4) is 0 Å². The minimum atomic E-state index is -0.285. The van der Waals surface area contributed by atoms with E-state index in [-0.39, 0.29) is 5.91 Å². The van der Waals surface area contributed by atoms with Gasteiger partial charge in [0, 0.05) is 12.6 Å². The molecule has 0 aliphatic rings. The second-order valence-electron chi connectivity index (χ2n) is 5.20. The number of hydrogen-bond donors (Lipinski definition) is 1. The van der Waals surface area contributed by atoms with Gasteiger partial charge in [-0.05, 0) is 39.0 Å². The van der Waals surface area contributed by atoms with Crippen LogP contribution in [0.5, 0.6) is 0 Å². The van der Waals surface area contributed by atoms with Gasteiger partial charge < -0.3 is 9.73 Å². The number of carbonyl (C=O) groups is 1. The molecule has 0 saturated heterocycles. The molecule has 1 aromatic carbocycles. The maximum absolute atomic E-state index is 12.4. The van der Waals surface area contributed by atoms with Crippen LogP contribution in [0, 0.1) is 27.7 Å². The van der Waals surface area contributed by atoms with Crippen molar-refractivity contribution in [2.45, 2.75) is 27.7 Å². The van der Waals surface area contributed by atoms with Gasteiger partial charge in [-0.2, -0.15) is 0 Å². The Kier molecular flexibility index (Phi) is 3.36. The van der Waals surface area contributed by atoms with Gasteiger partial charge in [-0.15, -0.1) is 0 Å². The Bertz CT molecular complexity index is 883. The number of oxazole rings is 1. The number of hydrogen-bond acceptors (Lipinski definition) is 5. The van der Waals surface area contributed by atoms with Gasteiger partial charge in [-0.1, -0.05) is 0 Å². The highest BCUT2D eigenvalue weighted by Gasteiger charge is 2.14. The third-order valence-electron chi connectivity index (χ3n) is 3.45. The van der Waals surface area contributed by atoms with E-state index >= 15 is 0 Å². The molecule has 3 aromatic rings. The number of benzene rings is 1. The van der Waals surface area contributed by atoms with Gasteiger partial charge in [-0.25, -0.2) is 9.97 Å². The number of aromatic nitrogens is 3. The lowest BCUT2D eigenvalue weighted by atomic mass is 10.2. The van der Waals surface area contributed by atoms with Crippen molar-refractivity contribution in [2.24, 2.45) is 0 Å². The predicted octanol–water partition coefficient (Wildman–Crippen LogP) is 3.10. The summed E-state index contributed by atoms with van der Waals surface area (Å²) in [4.78, 5) is 25.3. The van der Waals surface area contributed by atoms with Crippen LogP contribution in [0.2, 0.25) is 0 Å². The lowest BCUT2D eigenvalue weighted by molar-refractivity contribution is 0.102. The molecule has 0 radical (unpaired) electrons. The van der Waals surface area contributed by atoms with E-state index < -0.39 is 0 Å². The second kappa shape index (κ2) is 5.22. The van der Waals surface area contributed by atoms with Gasteiger partial charge in [0.2, 0.25) is 0 Å². The van der Waals surface area contributed by atoms with Crippen molar-refractivity contribution in [1.29, 1.82) is 0 Å². The summed E-state index contributed by atoms with van der Waals surface area (Å²) in [7, 11) is 0. The van der Waals surface area contributed by atoms with E-state index in [9.17, 15) is 4.79 Å². The van der Waals surface area contributed by atoms with Gasteiger partial charge in [0.15, 0.2) is 11.5 Å². The van der Waals surface area contributed by atoms with Crippen LogP contribution in [0.25, 0.3) is 11.1 Å². The molecule has 6 heteroatoms. The fourth-order valence-corrected chi connectivity index (χ4v) is 2.24. The first-order valence-electron chi connectivity index (χ1n) is 6.94. The SMILES string of the molecule is Cc1nc2cc(NC(=O)c3nc(C)c(C)nc3C)ccc2o1. The molecule has 0 saturated carbocycles. The number of amides is 1. The number of aryl methyl sites for hydroxylation is 4. The number of carbonyl (C=O) groups excluding carboxylic acids is 1. The fourth-order valence-electron chi connectivity index (χ4n) is 2.24. The largest absolute Gasteiger partial charge is 0.441 e. The van der Waals surface area contributed by atoms with E-state index in [2.05, 4.69) is 20.3 Å². The Balaban J connectivity index is 1.90. The topological polar surface area (TPSA) is 80.9 Å². The molecule has 0 bridgehead atoms. The van der Waals surface area contributed by atoms with Gasteiger partial charge in [0.25, 0.3) is 5.91 Å². The third kappa shape index (κ3) is 2.55. The highest BCUT2D eigenvalue weighted by Crippen LogP contribution is 2.20. The standard InChI is InChI=1S/C16H16N4O2/c1-8-9(2)18-15(10(3)17-8)16(21)20-12-5-6-14-13(7-12)19-11(4)22-14/h5-7H,1-4H3,(H,20,21). The first-order chi connectivity index (χ1) is 10.4. The molecule has 0 spiro atoms. The first-order valence-corrected chi connectivity index (χ1v) is 6.94. The first kappa shape index (κ1) is 14.2. The maximum Gasteiger partial charge on any atom is 0.276 e. The van der Waals surface area contributed by atoms with Crippen molar-refractivity contribution in [3.63, 3.8) is 0 Å². The average molecular weight is 296 g/mol. The molecule has 112 valence electrons. The lowest BCUT2D eigenvalue weighted by Crippen LogP contribution is -2.17. The Morgan fingerprint density at radius 1 is 1.00 bits per heavy atom. The summed E-state index contributed by atoms with van der Waals surface area (Å²) in [6.45, 7) is 7.27. The molecule has 2 aromatic heterocycles. The Labute approximate surface area is 127 Å². The van der Waals surface area contributed by atoms with Crippen LogP contribution in [0.1, 0.15) is 33.5 Å². The predicted molar refractivity (Wildman–Crippen MR) is 82.9 cm³/mol. The van der Waals surface area contributed by atoms with Gasteiger partial charge >= 0.3 is 0 Å². The monoisotopic (exact) mass is 296 g/mol. The van der Waals surface area contributed by atoms with Gasteiger partial charge in [-0.3, -0.25) is 9.78 Å². The van der Waals surface area contributed by atoms with Crippen LogP contribution < -0.4 is 5.32 Å². The molecular weight excluding hydrogens is 280 g/mol. The number of nitrogens with zero attached hydrogens (tertiary/aromatic N) is 3. The van der Waals surface area contributed by atoms with Crippen LogP contribution in [-0.2, 0) is 0 Å². The van der Waals surface area contributed by atoms with Crippen molar-refractivity contribution in [3.05, 3.63) is 46.9 Å². The number of nitrogens with one attached hydrogen (secondary N) is 1. The Hall–Kier alpha value is -2.76. The molecule has 2 heterocycles. The molecule has 0 aliphatic carbocycles. The van der Waals surface area contributed by atoms with Crippen molar-refractivity contribution in [2.75, 3.05) is 5.32 Å². The number of rotatable bonds is 2. The van der Waals surface area contributed by atoms with Crippen LogP contribution in [0.15, 0.2) is 22.6 Å². The quantitative estimate of drug-likeness (QED) is 0.786. The van der Waals surface area contributed by atoms with Crippen LogP contribution in [0.4, 0.5) is 5.69 Å². The Morgan fingerprint density at radius 3 is 2.50 bits per heavy atom. The Morgan fingerprint density at radius 2 is 1.73 bits per heavy atom. The van der Waals surface area contributed by atoms with Crippen LogP contribution in [-0.4, -0.2) is 20.9 Å². The van der Waals surface area contributed by atoms with Crippen molar-refractivity contribution < 1.29 is 9.21 Å². The second-order valence-corrected chi connectivity index (χ2v) is 5.20. The normalized spacial score (nSPS) is 10.9. The zero-order valence-corrected chi connectivity index (χ0v) is 12.9. The lowest BCUT2D eigenvalue weighted by Gasteiger charge is -2.08. The van der Waals surface area contributed by atoms with Gasteiger partial charge in [0.05, 0.1) is 17.1 Å². The summed E-state index contributed by atoms with van der Waals surface area (Å²) in [6, 6.07) is 5.33. The average Bonchev–Trinajstić information content (AvgIpc) is 2.82. The molecule has 0 atom stereocenters. The summed E-state index contributed by atoms with van der Waals surface area (Å²) in [5, 5.41) is 2.82. The highest BCUT2D eigenvalue weighted by atomic mass is 16.3. The zero-order valence-electron chi connectivity index (χ0n) is 12.9. The highest BCUT2D eigenvalue weighted by molar-refractivity contribution is 6.04. The minimum absolute atomic E-state index is 0.285. The molecule has 0 fully saturated rings. The summed E-state index contributed by atoms with van der Waals surface area (Å²) in [6.07, 6.45) is 0. The van der Waals surface area contributed by atoms with E-state index in [1.807, 2.05) is 13.8 Å². The molecule has 1 amide bonds. The van der Waals surface area contributed by atoms with E-state index in [1.54, 1.807) is 32.0 Å². The molecule has 6 nitrogen and oxygen atoms in total. The van der Waals surface area contributed by atoms with Crippen LogP contribution >= 0.6 is 0 Å². The number of fused-ring (bicyclic) bond motifs is 1. The van der Waals surface area contributed by atoms with E-state index in [4.69, 9.17) is 4.42 Å². The molecule has 3 rings (SSSR count). The summed E-state index contributed by atoms with van der Waals surface area (Å²) >= 11 is 0. The molecule has 22 heavy (non-hydrogen) atoms. The van der Waals surface area contributed by atoms with Gasteiger partial charge in [0.1, 0.15) is 11.2 Å². The van der Waals surface area contributed by atoms with E-state index in [1.165, 1.54) is 0 Å². The summed E-state index contributed by atoms with van der Waals surface area (Å²) in [5.41, 5.74) is 4.56. The molecule has 1 N–H and O–H groups in total. The summed E-state index contributed by atoms with van der Waals surface area (Å²) < 4.78 is 5.41. The smallest absolute Gasteiger partial charge is 0.276 e. The van der Waals surface area contributed by atoms with Crippen molar-refractivity contribution in [1.82, 2.24) is 15.0 Å².